The predicted octanol–water partition coefficient (Wildman–Crippen LogP) is 3.50. The van der Waals surface area contributed by atoms with Crippen molar-refractivity contribution in [3.63, 3.8) is 0 Å². The van der Waals surface area contributed by atoms with Gasteiger partial charge in [-0.05, 0) is 24.9 Å². The standard InChI is InChI=1S/C25H39NO6/c1-17(15-29-16-21-9-7-6-8-10-21)24(32-20(4)28)13-22(31-19(3)27)14-25-18(2)23(26-5)11-12-30-25/h6-10,17-18,22-26H,11-16H2,1-5H3. The summed E-state index contributed by atoms with van der Waals surface area (Å²) in [5.74, 6) is -0.483. The van der Waals surface area contributed by atoms with Crippen LogP contribution in [0.4, 0.5) is 0 Å². The Hall–Kier alpha value is -1.96. The smallest absolute Gasteiger partial charge is 0.302 e. The summed E-state index contributed by atoms with van der Waals surface area (Å²) in [6.07, 6.45) is 1.06. The van der Waals surface area contributed by atoms with E-state index in [1.54, 1.807) is 0 Å². The Morgan fingerprint density at radius 2 is 1.84 bits per heavy atom. The molecule has 1 aliphatic rings. The van der Waals surface area contributed by atoms with Crippen LogP contribution in [0.2, 0.25) is 0 Å². The van der Waals surface area contributed by atoms with Gasteiger partial charge >= 0.3 is 11.9 Å². The van der Waals surface area contributed by atoms with Crippen molar-refractivity contribution in [3.8, 4) is 0 Å². The molecule has 0 radical (unpaired) electrons. The molecular formula is C25H39NO6. The lowest BCUT2D eigenvalue weighted by Crippen LogP contribution is -2.46. The molecule has 0 bridgehead atoms. The van der Waals surface area contributed by atoms with Crippen molar-refractivity contribution < 1.29 is 28.5 Å². The van der Waals surface area contributed by atoms with Gasteiger partial charge < -0.3 is 24.3 Å². The zero-order valence-electron chi connectivity index (χ0n) is 20.0. The molecular weight excluding hydrogens is 410 g/mol. The van der Waals surface area contributed by atoms with Crippen LogP contribution in [0, 0.1) is 11.8 Å². The number of carbonyl (C=O) groups is 2. The first-order valence-electron chi connectivity index (χ1n) is 11.5. The minimum absolute atomic E-state index is 0.0341. The van der Waals surface area contributed by atoms with Gasteiger partial charge in [0.15, 0.2) is 0 Å². The Balaban J connectivity index is 2.00. The van der Waals surface area contributed by atoms with E-state index in [9.17, 15) is 9.59 Å². The summed E-state index contributed by atoms with van der Waals surface area (Å²) in [5, 5.41) is 3.35. The second-order valence-electron chi connectivity index (χ2n) is 8.78. The molecule has 0 aromatic heterocycles. The first-order valence-corrected chi connectivity index (χ1v) is 11.5. The summed E-state index contributed by atoms with van der Waals surface area (Å²) in [4.78, 5) is 23.6. The predicted molar refractivity (Wildman–Crippen MR) is 122 cm³/mol. The molecule has 0 saturated carbocycles. The van der Waals surface area contributed by atoms with E-state index in [-0.39, 0.29) is 29.9 Å². The van der Waals surface area contributed by atoms with Gasteiger partial charge in [-0.2, -0.15) is 0 Å². The van der Waals surface area contributed by atoms with Gasteiger partial charge in [0, 0.05) is 45.3 Å². The summed E-state index contributed by atoms with van der Waals surface area (Å²) in [7, 11) is 1.96. The number of ether oxygens (including phenoxy) is 4. The first kappa shape index (κ1) is 26.3. The number of hydrogen-bond acceptors (Lipinski definition) is 7. The quantitative estimate of drug-likeness (QED) is 0.489. The van der Waals surface area contributed by atoms with E-state index in [0.29, 0.717) is 38.7 Å². The van der Waals surface area contributed by atoms with Gasteiger partial charge in [0.25, 0.3) is 0 Å². The minimum atomic E-state index is -0.424. The van der Waals surface area contributed by atoms with E-state index in [4.69, 9.17) is 18.9 Å². The lowest BCUT2D eigenvalue weighted by atomic mass is 9.86. The molecule has 2 rings (SSSR count). The van der Waals surface area contributed by atoms with Gasteiger partial charge in [-0.25, -0.2) is 0 Å². The fourth-order valence-corrected chi connectivity index (χ4v) is 4.31. The van der Waals surface area contributed by atoms with Crippen LogP contribution in [0.25, 0.3) is 0 Å². The fraction of sp³-hybridized carbons (Fsp3) is 0.680. The minimum Gasteiger partial charge on any atom is -0.462 e. The van der Waals surface area contributed by atoms with E-state index in [1.165, 1.54) is 13.8 Å². The molecule has 1 aromatic rings. The SMILES string of the molecule is CNC1CCOC(CC(CC(OC(C)=O)C(C)COCc2ccccc2)OC(C)=O)C1C. The highest BCUT2D eigenvalue weighted by Gasteiger charge is 2.34. The van der Waals surface area contributed by atoms with Crippen LogP contribution in [0.1, 0.15) is 52.5 Å². The molecule has 1 fully saturated rings. The Morgan fingerprint density at radius 3 is 2.47 bits per heavy atom. The van der Waals surface area contributed by atoms with Crippen molar-refractivity contribution in [1.82, 2.24) is 5.32 Å². The molecule has 0 aliphatic carbocycles. The average molecular weight is 450 g/mol. The van der Waals surface area contributed by atoms with Crippen LogP contribution in [-0.4, -0.2) is 56.6 Å². The topological polar surface area (TPSA) is 83.1 Å². The third kappa shape index (κ3) is 8.88. The number of carbonyl (C=O) groups excluding carboxylic acids is 2. The van der Waals surface area contributed by atoms with Crippen LogP contribution >= 0.6 is 0 Å². The summed E-state index contributed by atoms with van der Waals surface area (Å²) >= 11 is 0. The molecule has 32 heavy (non-hydrogen) atoms. The average Bonchev–Trinajstić information content (AvgIpc) is 2.74. The molecule has 180 valence electrons. The van der Waals surface area contributed by atoms with Gasteiger partial charge in [-0.15, -0.1) is 0 Å². The van der Waals surface area contributed by atoms with Gasteiger partial charge in [-0.3, -0.25) is 9.59 Å². The largest absolute Gasteiger partial charge is 0.462 e. The van der Waals surface area contributed by atoms with Crippen LogP contribution in [0.15, 0.2) is 30.3 Å². The molecule has 0 spiro atoms. The van der Waals surface area contributed by atoms with Gasteiger partial charge in [0.05, 0.1) is 19.3 Å². The highest BCUT2D eigenvalue weighted by atomic mass is 16.6. The maximum absolute atomic E-state index is 11.8. The van der Waals surface area contributed by atoms with Crippen molar-refractivity contribution in [2.45, 2.75) is 77.9 Å². The maximum atomic E-state index is 11.8. The van der Waals surface area contributed by atoms with Gasteiger partial charge in [0.1, 0.15) is 12.2 Å². The van der Waals surface area contributed by atoms with Crippen molar-refractivity contribution in [2.24, 2.45) is 11.8 Å². The highest BCUT2D eigenvalue weighted by Crippen LogP contribution is 2.28. The first-order chi connectivity index (χ1) is 15.3. The molecule has 7 nitrogen and oxygen atoms in total. The monoisotopic (exact) mass is 449 g/mol. The zero-order valence-corrected chi connectivity index (χ0v) is 20.0. The normalized spacial score (nSPS) is 23.7. The highest BCUT2D eigenvalue weighted by molar-refractivity contribution is 5.66. The fourth-order valence-electron chi connectivity index (χ4n) is 4.31. The van der Waals surface area contributed by atoms with Crippen LogP contribution in [0.3, 0.4) is 0 Å². The maximum Gasteiger partial charge on any atom is 0.302 e. The molecule has 7 heteroatoms. The second-order valence-corrected chi connectivity index (χ2v) is 8.78. The summed E-state index contributed by atoms with van der Waals surface area (Å²) in [6.45, 7) is 8.53. The Kier molecular flexibility index (Phi) is 11.1. The number of nitrogens with one attached hydrogen (secondary N) is 1. The molecule has 1 heterocycles. The molecule has 0 amide bonds. The van der Waals surface area contributed by atoms with Gasteiger partial charge in [0.2, 0.25) is 0 Å². The van der Waals surface area contributed by atoms with Crippen molar-refractivity contribution in [3.05, 3.63) is 35.9 Å². The molecule has 6 unspecified atom stereocenters. The van der Waals surface area contributed by atoms with Crippen molar-refractivity contribution >= 4 is 11.9 Å². The lowest BCUT2D eigenvalue weighted by molar-refractivity contribution is -0.159. The van der Waals surface area contributed by atoms with Crippen LogP contribution in [0.5, 0.6) is 0 Å². The molecule has 1 aliphatic heterocycles. The molecule has 6 atom stereocenters. The van der Waals surface area contributed by atoms with Crippen molar-refractivity contribution in [1.29, 1.82) is 0 Å². The van der Waals surface area contributed by atoms with Crippen LogP contribution < -0.4 is 5.32 Å². The third-order valence-electron chi connectivity index (χ3n) is 6.12. The molecule has 1 N–H and O–H groups in total. The summed E-state index contributed by atoms with van der Waals surface area (Å²) in [5.41, 5.74) is 1.09. The second kappa shape index (κ2) is 13.6. The Bertz CT molecular complexity index is 697. The lowest BCUT2D eigenvalue weighted by Gasteiger charge is -2.38. The van der Waals surface area contributed by atoms with E-state index in [0.717, 1.165) is 12.0 Å². The summed E-state index contributed by atoms with van der Waals surface area (Å²) < 4.78 is 23.1. The van der Waals surface area contributed by atoms with E-state index >= 15 is 0 Å². The Labute approximate surface area is 192 Å². The number of hydrogen-bond donors (Lipinski definition) is 1. The van der Waals surface area contributed by atoms with E-state index in [1.807, 2.05) is 44.3 Å². The van der Waals surface area contributed by atoms with E-state index in [2.05, 4.69) is 12.2 Å². The molecule has 1 saturated heterocycles. The molecule has 1 aromatic carbocycles. The van der Waals surface area contributed by atoms with Gasteiger partial charge in [-0.1, -0.05) is 44.2 Å². The number of esters is 2. The number of rotatable bonds is 12. The zero-order chi connectivity index (χ0) is 23.5. The summed E-state index contributed by atoms with van der Waals surface area (Å²) in [6, 6.07) is 10.3. The van der Waals surface area contributed by atoms with Crippen molar-refractivity contribution in [2.75, 3.05) is 20.3 Å². The third-order valence-corrected chi connectivity index (χ3v) is 6.12. The van der Waals surface area contributed by atoms with Crippen LogP contribution in [-0.2, 0) is 35.1 Å². The van der Waals surface area contributed by atoms with E-state index < -0.39 is 12.2 Å². The number of benzene rings is 1. The Morgan fingerprint density at radius 1 is 1.16 bits per heavy atom.